The Bertz CT molecular complexity index is 185. The van der Waals surface area contributed by atoms with Gasteiger partial charge in [0.15, 0.2) is 0 Å². The molecule has 0 radical (unpaired) electrons. The second kappa shape index (κ2) is 5.01. The van der Waals surface area contributed by atoms with Gasteiger partial charge in [0.05, 0.1) is 6.26 Å². The van der Waals surface area contributed by atoms with Gasteiger partial charge in [-0.05, 0) is 12.1 Å². The first kappa shape index (κ1) is 11.9. The largest absolute Gasteiger partial charge is 1.00 e. The van der Waals surface area contributed by atoms with Gasteiger partial charge in [0.1, 0.15) is 11.7 Å². The van der Waals surface area contributed by atoms with E-state index in [1.807, 2.05) is 0 Å². The number of carboxylic acid groups (broad SMARTS) is 1. The summed E-state index contributed by atoms with van der Waals surface area (Å²) >= 11 is 0. The molecule has 58 valence electrons. The van der Waals surface area contributed by atoms with Crippen LogP contribution in [0.25, 0.3) is 0 Å². The molecule has 0 aliphatic rings. The molecule has 0 amide bonds. The van der Waals surface area contributed by atoms with Gasteiger partial charge < -0.3 is 37.5 Å². The third kappa shape index (κ3) is 2.65. The first-order valence-electron chi connectivity index (χ1n) is 2.05. The Hall–Kier alpha value is -0.810. The second-order valence-electron chi connectivity index (χ2n) is 1.26. The molecular weight excluding hydrogens is 202 g/mol. The minimum atomic E-state index is -1.28. The van der Waals surface area contributed by atoms with E-state index in [-0.39, 0.29) is 28.9 Å². The van der Waals surface area contributed by atoms with Gasteiger partial charge in [-0.2, -0.15) is 0 Å². The van der Waals surface area contributed by atoms with E-state index >= 15 is 0 Å². The summed E-state index contributed by atoms with van der Waals surface area (Å²) in [6, 6.07) is 2.82. The van der Waals surface area contributed by atoms with Crippen LogP contribution in [0.5, 0.6) is 0 Å². The fraction of sp³-hybridized carbons (Fsp3) is 0. The van der Waals surface area contributed by atoms with Crippen molar-refractivity contribution in [2.24, 2.45) is 0 Å². The highest BCUT2D eigenvalue weighted by Gasteiger charge is 1.90. The fourth-order valence-corrected chi connectivity index (χ4v) is 0.395. The van der Waals surface area contributed by atoms with Crippen molar-refractivity contribution in [2.45, 2.75) is 0 Å². The number of hydrogen-bond acceptors (Lipinski definition) is 3. The molecule has 0 unspecified atom stereocenters. The highest BCUT2D eigenvalue weighted by Crippen LogP contribution is 1.95. The Balaban J connectivity index is 0. The summed E-state index contributed by atoms with van der Waals surface area (Å²) in [6.07, 6.45) is 1.28. The van der Waals surface area contributed by atoms with Crippen molar-refractivity contribution in [3.05, 3.63) is 24.2 Å². The van der Waals surface area contributed by atoms with Crippen LogP contribution >= 0.6 is 0 Å². The van der Waals surface area contributed by atoms with Crippen LogP contribution in [-0.2, 0) is 0 Å². The number of carbonyl (C=O) groups is 1. The SMILES string of the molecule is O=C([O-])c1ccco1.[Br-].[NH4+]. The third-order valence-electron chi connectivity index (χ3n) is 0.722. The molecule has 0 aromatic carbocycles. The number of furan rings is 1. The molecule has 0 saturated heterocycles. The molecule has 0 bridgehead atoms. The summed E-state index contributed by atoms with van der Waals surface area (Å²) in [5.74, 6) is -1.42. The molecule has 0 fully saturated rings. The lowest BCUT2D eigenvalue weighted by Gasteiger charge is -1.91. The Morgan fingerprint density at radius 2 is 2.20 bits per heavy atom. The van der Waals surface area contributed by atoms with Crippen molar-refractivity contribution in [2.75, 3.05) is 0 Å². The average Bonchev–Trinajstić information content (AvgIpc) is 2.12. The molecule has 0 atom stereocenters. The van der Waals surface area contributed by atoms with Crippen LogP contribution in [0.1, 0.15) is 10.6 Å². The quantitative estimate of drug-likeness (QED) is 0.535. The number of halogens is 1. The predicted molar refractivity (Wildman–Crippen MR) is 29.0 cm³/mol. The number of rotatable bonds is 1. The Morgan fingerprint density at radius 3 is 2.40 bits per heavy atom. The summed E-state index contributed by atoms with van der Waals surface area (Å²) in [4.78, 5) is 9.86. The number of carboxylic acids is 1. The zero-order valence-electron chi connectivity index (χ0n) is 5.33. The Morgan fingerprint density at radius 1 is 1.60 bits per heavy atom. The van der Waals surface area contributed by atoms with Crippen molar-refractivity contribution in [1.82, 2.24) is 6.15 Å². The van der Waals surface area contributed by atoms with Crippen molar-refractivity contribution in [3.63, 3.8) is 0 Å². The van der Waals surface area contributed by atoms with Gasteiger partial charge in [0.2, 0.25) is 0 Å². The molecular formula is C5H7BrNO3-. The maximum atomic E-state index is 9.86. The van der Waals surface area contributed by atoms with Crippen molar-refractivity contribution in [3.8, 4) is 0 Å². The van der Waals surface area contributed by atoms with E-state index in [2.05, 4.69) is 4.42 Å². The van der Waals surface area contributed by atoms with E-state index < -0.39 is 5.97 Å². The first-order valence-corrected chi connectivity index (χ1v) is 2.05. The molecule has 0 aliphatic heterocycles. The van der Waals surface area contributed by atoms with Gasteiger partial charge in [-0.1, -0.05) is 0 Å². The average molecular weight is 209 g/mol. The molecule has 0 saturated carbocycles. The van der Waals surface area contributed by atoms with Crippen LogP contribution in [-0.4, -0.2) is 5.97 Å². The zero-order chi connectivity index (χ0) is 5.98. The summed E-state index contributed by atoms with van der Waals surface area (Å²) < 4.78 is 4.43. The summed E-state index contributed by atoms with van der Waals surface area (Å²) in [5, 5.41) is 9.86. The molecule has 1 heterocycles. The number of quaternary nitrogens is 1. The van der Waals surface area contributed by atoms with Gasteiger partial charge in [-0.15, -0.1) is 0 Å². The highest BCUT2D eigenvalue weighted by atomic mass is 79.9. The monoisotopic (exact) mass is 208 g/mol. The summed E-state index contributed by atoms with van der Waals surface area (Å²) in [6.45, 7) is 0. The van der Waals surface area contributed by atoms with E-state index in [4.69, 9.17) is 0 Å². The molecule has 1 aromatic heterocycles. The molecule has 1 rings (SSSR count). The summed E-state index contributed by atoms with van der Waals surface area (Å²) in [7, 11) is 0. The number of aromatic carboxylic acids is 1. The molecule has 4 nitrogen and oxygen atoms in total. The molecule has 10 heavy (non-hydrogen) atoms. The van der Waals surface area contributed by atoms with Crippen LogP contribution in [0.15, 0.2) is 22.8 Å². The smallest absolute Gasteiger partial charge is 0.149 e. The van der Waals surface area contributed by atoms with Crippen LogP contribution < -0.4 is 28.2 Å². The van der Waals surface area contributed by atoms with Gasteiger partial charge >= 0.3 is 0 Å². The third-order valence-corrected chi connectivity index (χ3v) is 0.722. The maximum absolute atomic E-state index is 9.86. The van der Waals surface area contributed by atoms with Crippen LogP contribution in [0.2, 0.25) is 0 Å². The fourth-order valence-electron chi connectivity index (χ4n) is 0.395. The van der Waals surface area contributed by atoms with E-state index in [0.717, 1.165) is 0 Å². The lowest BCUT2D eigenvalue weighted by atomic mass is 10.5. The highest BCUT2D eigenvalue weighted by molar-refractivity contribution is 5.82. The molecule has 1 aromatic rings. The van der Waals surface area contributed by atoms with Crippen LogP contribution in [0.3, 0.4) is 0 Å². The van der Waals surface area contributed by atoms with Gasteiger partial charge in [0.25, 0.3) is 0 Å². The molecule has 5 heteroatoms. The van der Waals surface area contributed by atoms with Gasteiger partial charge in [-0.3, -0.25) is 0 Å². The zero-order valence-corrected chi connectivity index (χ0v) is 6.92. The van der Waals surface area contributed by atoms with Crippen molar-refractivity contribution in [1.29, 1.82) is 0 Å². The van der Waals surface area contributed by atoms with E-state index in [1.54, 1.807) is 0 Å². The topological polar surface area (TPSA) is 89.8 Å². The minimum absolute atomic E-state index is 0. The predicted octanol–water partition coefficient (Wildman–Crippen LogP) is -2.98. The van der Waals surface area contributed by atoms with Crippen LogP contribution in [0.4, 0.5) is 0 Å². The number of carbonyl (C=O) groups excluding carboxylic acids is 1. The lowest BCUT2D eigenvalue weighted by molar-refractivity contribution is -0.257. The second-order valence-corrected chi connectivity index (χ2v) is 1.26. The molecule has 0 spiro atoms. The lowest BCUT2D eigenvalue weighted by Crippen LogP contribution is -3.00. The summed E-state index contributed by atoms with van der Waals surface area (Å²) in [5.41, 5.74) is 0. The van der Waals surface area contributed by atoms with Crippen molar-refractivity contribution >= 4 is 5.97 Å². The Labute approximate surface area is 68.2 Å². The van der Waals surface area contributed by atoms with E-state index in [1.165, 1.54) is 18.4 Å². The minimum Gasteiger partial charge on any atom is -1.00 e. The molecule has 4 N–H and O–H groups in total. The van der Waals surface area contributed by atoms with Gasteiger partial charge in [0, 0.05) is 0 Å². The van der Waals surface area contributed by atoms with Gasteiger partial charge in [-0.25, -0.2) is 0 Å². The van der Waals surface area contributed by atoms with E-state index in [9.17, 15) is 9.90 Å². The standard InChI is InChI=1S/C5H4O3.BrH.H3N/c6-5(7)4-2-1-3-8-4;;/h1-3H,(H,6,7);1H;1H3/p-1. The molecule has 0 aliphatic carbocycles. The number of hydrogen-bond donors (Lipinski definition) is 1. The maximum Gasteiger partial charge on any atom is 0.149 e. The normalized spacial score (nSPS) is 7.20. The van der Waals surface area contributed by atoms with Crippen molar-refractivity contribution < 1.29 is 31.3 Å². The first-order chi connectivity index (χ1) is 3.80. The Kier molecular flexibility index (Phi) is 5.98. The van der Waals surface area contributed by atoms with E-state index in [0.29, 0.717) is 0 Å². The van der Waals surface area contributed by atoms with Crippen LogP contribution in [0, 0.1) is 0 Å².